The molecule has 4 heterocycles. The molecule has 2 aromatic carbocycles. The van der Waals surface area contributed by atoms with Crippen molar-refractivity contribution < 1.29 is 14.6 Å². The maximum absolute atomic E-state index is 10.6. The van der Waals surface area contributed by atoms with Crippen molar-refractivity contribution >= 4 is 10.9 Å². The molecule has 0 radical (unpaired) electrons. The van der Waals surface area contributed by atoms with Crippen LogP contribution in [0.3, 0.4) is 0 Å². The van der Waals surface area contributed by atoms with Gasteiger partial charge in [0.05, 0.1) is 26.9 Å². The molecule has 36 heavy (non-hydrogen) atoms. The minimum Gasteiger partial charge on any atom is -0.497 e. The van der Waals surface area contributed by atoms with Gasteiger partial charge in [0.15, 0.2) is 0 Å². The van der Waals surface area contributed by atoms with Crippen molar-refractivity contribution in [1.29, 1.82) is 0 Å². The highest BCUT2D eigenvalue weighted by molar-refractivity contribution is 5.88. The van der Waals surface area contributed by atoms with Gasteiger partial charge >= 0.3 is 0 Å². The number of benzene rings is 2. The third-order valence-corrected chi connectivity index (χ3v) is 7.74. The Morgan fingerprint density at radius 2 is 1.75 bits per heavy atom. The highest BCUT2D eigenvalue weighted by Gasteiger charge is 2.52. The summed E-state index contributed by atoms with van der Waals surface area (Å²) in [4.78, 5) is 12.9. The summed E-state index contributed by atoms with van der Waals surface area (Å²) in [5, 5.41) is 11.8. The van der Waals surface area contributed by atoms with E-state index in [2.05, 4.69) is 50.1 Å². The monoisotopic (exact) mass is 484 g/mol. The molecular formula is C29H32N4O3. The SMILES string of the molecule is COc1ccc(CN2CC3(CN(Cc4cccnc4)C3)c3c([nH]c4cc(OC)ccc34)[C@H]2CO)cc1. The zero-order chi connectivity index (χ0) is 24.7. The van der Waals surface area contributed by atoms with Crippen LogP contribution in [0.15, 0.2) is 67.0 Å². The maximum atomic E-state index is 10.6. The minimum absolute atomic E-state index is 0.0114. The highest BCUT2D eigenvalue weighted by Crippen LogP contribution is 2.49. The minimum atomic E-state index is -0.0986. The lowest BCUT2D eigenvalue weighted by Crippen LogP contribution is -2.65. The third-order valence-electron chi connectivity index (χ3n) is 7.74. The first-order chi connectivity index (χ1) is 17.6. The van der Waals surface area contributed by atoms with Crippen LogP contribution in [-0.2, 0) is 18.5 Å². The van der Waals surface area contributed by atoms with Crippen molar-refractivity contribution in [3.63, 3.8) is 0 Å². The van der Waals surface area contributed by atoms with Crippen molar-refractivity contribution in [3.05, 3.63) is 89.4 Å². The average molecular weight is 485 g/mol. The number of rotatable bonds is 7. The van der Waals surface area contributed by atoms with Gasteiger partial charge < -0.3 is 19.6 Å². The molecule has 2 aliphatic rings. The van der Waals surface area contributed by atoms with Crippen LogP contribution in [0.1, 0.15) is 28.4 Å². The van der Waals surface area contributed by atoms with Gasteiger partial charge in [0.1, 0.15) is 11.5 Å². The van der Waals surface area contributed by atoms with Gasteiger partial charge in [-0.3, -0.25) is 14.8 Å². The van der Waals surface area contributed by atoms with E-state index < -0.39 is 0 Å². The summed E-state index contributed by atoms with van der Waals surface area (Å²) < 4.78 is 10.8. The summed E-state index contributed by atoms with van der Waals surface area (Å²) >= 11 is 0. The molecule has 1 atom stereocenters. The number of pyridine rings is 1. The van der Waals surface area contributed by atoms with Crippen LogP contribution in [0.2, 0.25) is 0 Å². The first-order valence-corrected chi connectivity index (χ1v) is 12.4. The highest BCUT2D eigenvalue weighted by atomic mass is 16.5. The van der Waals surface area contributed by atoms with Crippen LogP contribution < -0.4 is 9.47 Å². The van der Waals surface area contributed by atoms with E-state index in [1.54, 1.807) is 14.2 Å². The standard InChI is InChI=1S/C29H32N4O3/c1-35-22-7-5-20(6-8-22)15-33-19-29(17-32(18-29)14-21-4-3-11-30-13-21)27-24-10-9-23(36-2)12-25(24)31-28(27)26(33)16-34/h3-13,26,31,34H,14-19H2,1-2H3/t26-/m1/s1. The Labute approximate surface area is 211 Å². The Morgan fingerprint density at radius 3 is 2.44 bits per heavy atom. The Hall–Kier alpha value is -3.39. The molecule has 0 bridgehead atoms. The maximum Gasteiger partial charge on any atom is 0.120 e. The quantitative estimate of drug-likeness (QED) is 0.415. The van der Waals surface area contributed by atoms with Gasteiger partial charge in [-0.15, -0.1) is 0 Å². The number of nitrogens with one attached hydrogen (secondary N) is 1. The Morgan fingerprint density at radius 1 is 0.972 bits per heavy atom. The summed E-state index contributed by atoms with van der Waals surface area (Å²) in [7, 11) is 3.38. The number of aromatic amines is 1. The molecular weight excluding hydrogens is 452 g/mol. The predicted octanol–water partition coefficient (Wildman–Crippen LogP) is 3.88. The number of fused-ring (bicyclic) bond motifs is 4. The van der Waals surface area contributed by atoms with Gasteiger partial charge in [-0.05, 0) is 47.0 Å². The van der Waals surface area contributed by atoms with Gasteiger partial charge in [0.2, 0.25) is 0 Å². The molecule has 2 aliphatic heterocycles. The molecule has 7 heteroatoms. The third kappa shape index (κ3) is 3.93. The molecule has 7 nitrogen and oxygen atoms in total. The lowest BCUT2D eigenvalue weighted by Gasteiger charge is -2.56. The normalized spacial score (nSPS) is 19.2. The summed E-state index contributed by atoms with van der Waals surface area (Å²) in [6, 6.07) is 18.5. The van der Waals surface area contributed by atoms with Gasteiger partial charge in [-0.25, -0.2) is 0 Å². The van der Waals surface area contributed by atoms with Gasteiger partial charge in [0, 0.05) is 73.2 Å². The number of H-pyrrole nitrogens is 1. The second kappa shape index (κ2) is 9.24. The second-order valence-electron chi connectivity index (χ2n) is 10.1. The van der Waals surface area contributed by atoms with Crippen molar-refractivity contribution in [1.82, 2.24) is 19.8 Å². The molecule has 0 unspecified atom stereocenters. The van der Waals surface area contributed by atoms with Gasteiger partial charge in [-0.2, -0.15) is 0 Å². The van der Waals surface area contributed by atoms with Crippen molar-refractivity contribution in [2.24, 2.45) is 0 Å². The topological polar surface area (TPSA) is 73.9 Å². The number of aliphatic hydroxyl groups excluding tert-OH is 1. The molecule has 186 valence electrons. The van der Waals surface area contributed by atoms with Crippen LogP contribution in [-0.4, -0.2) is 65.3 Å². The van der Waals surface area contributed by atoms with E-state index in [4.69, 9.17) is 9.47 Å². The number of hydrogen-bond acceptors (Lipinski definition) is 6. The first-order valence-electron chi connectivity index (χ1n) is 12.4. The molecule has 2 aromatic heterocycles. The number of methoxy groups -OCH3 is 2. The first kappa shape index (κ1) is 23.0. The molecule has 0 saturated carbocycles. The summed E-state index contributed by atoms with van der Waals surface area (Å²) in [6.45, 7) is 4.53. The van der Waals surface area contributed by atoms with Gasteiger partial charge in [-0.1, -0.05) is 18.2 Å². The Balaban J connectivity index is 1.37. The van der Waals surface area contributed by atoms with E-state index in [-0.39, 0.29) is 18.1 Å². The van der Waals surface area contributed by atoms with Crippen molar-refractivity contribution in [3.8, 4) is 11.5 Å². The second-order valence-corrected chi connectivity index (χ2v) is 10.1. The number of hydrogen-bond donors (Lipinski definition) is 2. The lowest BCUT2D eigenvalue weighted by atomic mass is 9.68. The van der Waals surface area contributed by atoms with Crippen LogP contribution in [0.4, 0.5) is 0 Å². The Bertz CT molecular complexity index is 1350. The molecule has 1 saturated heterocycles. The van der Waals surface area contributed by atoms with Crippen LogP contribution in [0.5, 0.6) is 11.5 Å². The van der Waals surface area contributed by atoms with Crippen molar-refractivity contribution in [2.45, 2.75) is 24.5 Å². The van der Waals surface area contributed by atoms with E-state index in [9.17, 15) is 5.11 Å². The number of aromatic nitrogens is 2. The summed E-state index contributed by atoms with van der Waals surface area (Å²) in [5.41, 5.74) is 5.97. The molecule has 6 rings (SSSR count). The van der Waals surface area contributed by atoms with Crippen LogP contribution >= 0.6 is 0 Å². The Kier molecular flexibility index (Phi) is 5.91. The smallest absolute Gasteiger partial charge is 0.120 e. The molecule has 1 spiro atoms. The zero-order valence-corrected chi connectivity index (χ0v) is 20.8. The number of likely N-dealkylation sites (tertiary alicyclic amines) is 1. The fraction of sp³-hybridized carbons (Fsp3) is 0.345. The summed E-state index contributed by atoms with van der Waals surface area (Å²) in [6.07, 6.45) is 3.77. The summed E-state index contributed by atoms with van der Waals surface area (Å²) in [5.74, 6) is 1.68. The van der Waals surface area contributed by atoms with Gasteiger partial charge in [0.25, 0.3) is 0 Å². The number of aliphatic hydroxyl groups is 1. The van der Waals surface area contributed by atoms with Crippen molar-refractivity contribution in [2.75, 3.05) is 40.5 Å². The lowest BCUT2D eigenvalue weighted by molar-refractivity contribution is -0.0119. The fourth-order valence-electron chi connectivity index (χ4n) is 6.17. The molecule has 0 amide bonds. The largest absolute Gasteiger partial charge is 0.497 e. The zero-order valence-electron chi connectivity index (χ0n) is 20.8. The molecule has 4 aromatic rings. The molecule has 2 N–H and O–H groups in total. The average Bonchev–Trinajstić information content (AvgIpc) is 3.28. The van der Waals surface area contributed by atoms with Crippen LogP contribution in [0.25, 0.3) is 10.9 Å². The number of ether oxygens (including phenoxy) is 2. The van der Waals surface area contributed by atoms with E-state index in [0.717, 1.165) is 55.4 Å². The van der Waals surface area contributed by atoms with E-state index in [0.29, 0.717) is 0 Å². The molecule has 0 aliphatic carbocycles. The van der Waals surface area contributed by atoms with E-state index in [1.807, 2.05) is 36.7 Å². The molecule has 1 fully saturated rings. The van der Waals surface area contributed by atoms with Crippen LogP contribution in [0, 0.1) is 0 Å². The number of nitrogens with zero attached hydrogens (tertiary/aromatic N) is 3. The van der Waals surface area contributed by atoms with E-state index in [1.165, 1.54) is 22.1 Å². The fourth-order valence-corrected chi connectivity index (χ4v) is 6.17. The predicted molar refractivity (Wildman–Crippen MR) is 139 cm³/mol. The van der Waals surface area contributed by atoms with E-state index >= 15 is 0 Å².